The van der Waals surface area contributed by atoms with E-state index in [4.69, 9.17) is 11.6 Å². The Hall–Kier alpha value is -1.61. The fraction of sp³-hybridized carbons (Fsp3) is 0.440. The third kappa shape index (κ3) is 5.47. The summed E-state index contributed by atoms with van der Waals surface area (Å²) in [5.41, 5.74) is 2.90. The molecule has 0 heterocycles. The Morgan fingerprint density at radius 1 is 1.11 bits per heavy atom. The molecule has 2 aromatic carbocycles. The van der Waals surface area contributed by atoms with Gasteiger partial charge in [-0.3, -0.25) is 0 Å². The van der Waals surface area contributed by atoms with Crippen LogP contribution in [0.25, 0.3) is 6.08 Å². The lowest BCUT2D eigenvalue weighted by Crippen LogP contribution is -2.47. The number of aryl methyl sites for hydroxylation is 1. The summed E-state index contributed by atoms with van der Waals surface area (Å²) in [6.45, 7) is 0.916. The van der Waals surface area contributed by atoms with Gasteiger partial charge in [0.2, 0.25) is 0 Å². The molecular formula is C25H32ClNO. The average Bonchev–Trinajstić information content (AvgIpc) is 2.67. The zero-order chi connectivity index (χ0) is 20.0. The Balaban J connectivity index is 1.81. The molecule has 0 saturated heterocycles. The SMILES string of the molecule is CN(C)CC1CCC/C(=C/c2ccc(Cl)cc2)C1(O)CCCc1ccccc1. The summed E-state index contributed by atoms with van der Waals surface area (Å²) >= 11 is 6.04. The lowest BCUT2D eigenvalue weighted by Gasteiger charge is -2.43. The van der Waals surface area contributed by atoms with Crippen molar-refractivity contribution in [1.29, 1.82) is 0 Å². The Morgan fingerprint density at radius 2 is 1.82 bits per heavy atom. The van der Waals surface area contributed by atoms with Gasteiger partial charge in [0.25, 0.3) is 0 Å². The summed E-state index contributed by atoms with van der Waals surface area (Å²) in [7, 11) is 4.20. The van der Waals surface area contributed by atoms with Crippen LogP contribution in [-0.4, -0.2) is 36.2 Å². The summed E-state index contributed by atoms with van der Waals surface area (Å²) in [4.78, 5) is 2.21. The van der Waals surface area contributed by atoms with Crippen molar-refractivity contribution < 1.29 is 5.11 Å². The van der Waals surface area contributed by atoms with Crippen LogP contribution < -0.4 is 0 Å². The van der Waals surface area contributed by atoms with Crippen LogP contribution in [0.4, 0.5) is 0 Å². The molecule has 2 nitrogen and oxygen atoms in total. The number of benzene rings is 2. The molecule has 2 atom stereocenters. The fourth-order valence-corrected chi connectivity index (χ4v) is 4.59. The molecule has 0 aromatic heterocycles. The number of halogens is 1. The van der Waals surface area contributed by atoms with E-state index in [0.717, 1.165) is 55.7 Å². The van der Waals surface area contributed by atoms with E-state index in [1.165, 1.54) is 11.1 Å². The molecule has 1 aliphatic carbocycles. The maximum atomic E-state index is 11.9. The van der Waals surface area contributed by atoms with E-state index in [0.29, 0.717) is 0 Å². The molecule has 1 saturated carbocycles. The van der Waals surface area contributed by atoms with Crippen LogP contribution in [0.3, 0.4) is 0 Å². The van der Waals surface area contributed by atoms with Crippen LogP contribution in [0.5, 0.6) is 0 Å². The average molecular weight is 398 g/mol. The van der Waals surface area contributed by atoms with Gasteiger partial charge in [-0.25, -0.2) is 0 Å². The summed E-state index contributed by atoms with van der Waals surface area (Å²) in [6.07, 6.45) is 8.18. The van der Waals surface area contributed by atoms with E-state index in [1.54, 1.807) is 0 Å². The van der Waals surface area contributed by atoms with E-state index >= 15 is 0 Å². The molecular weight excluding hydrogens is 366 g/mol. The molecule has 1 aliphatic rings. The molecule has 150 valence electrons. The largest absolute Gasteiger partial charge is 0.385 e. The zero-order valence-corrected chi connectivity index (χ0v) is 17.8. The number of hydrogen-bond acceptors (Lipinski definition) is 2. The molecule has 1 fully saturated rings. The first-order chi connectivity index (χ1) is 13.5. The molecule has 0 aliphatic heterocycles. The van der Waals surface area contributed by atoms with Crippen molar-refractivity contribution in [1.82, 2.24) is 4.90 Å². The first-order valence-corrected chi connectivity index (χ1v) is 10.7. The van der Waals surface area contributed by atoms with Gasteiger partial charge >= 0.3 is 0 Å². The molecule has 2 unspecified atom stereocenters. The number of nitrogens with zero attached hydrogens (tertiary/aromatic N) is 1. The molecule has 2 aromatic rings. The highest BCUT2D eigenvalue weighted by Crippen LogP contribution is 2.42. The molecule has 3 rings (SSSR count). The van der Waals surface area contributed by atoms with Crippen LogP contribution in [0, 0.1) is 5.92 Å². The van der Waals surface area contributed by atoms with E-state index in [-0.39, 0.29) is 5.92 Å². The summed E-state index contributed by atoms with van der Waals surface area (Å²) in [5.74, 6) is 0.269. The van der Waals surface area contributed by atoms with Crippen LogP contribution >= 0.6 is 11.6 Å². The normalized spacial score (nSPS) is 24.0. The second kappa shape index (κ2) is 9.73. The minimum absolute atomic E-state index is 0.269. The highest BCUT2D eigenvalue weighted by Gasteiger charge is 2.42. The second-order valence-electron chi connectivity index (χ2n) is 8.34. The Bertz CT molecular complexity index is 769. The maximum absolute atomic E-state index is 11.9. The maximum Gasteiger partial charge on any atom is 0.0900 e. The number of rotatable bonds is 7. The van der Waals surface area contributed by atoms with Crippen molar-refractivity contribution >= 4 is 17.7 Å². The predicted octanol–water partition coefficient (Wildman–Crippen LogP) is 5.84. The smallest absolute Gasteiger partial charge is 0.0900 e. The Morgan fingerprint density at radius 3 is 2.50 bits per heavy atom. The van der Waals surface area contributed by atoms with Crippen molar-refractivity contribution in [2.45, 2.75) is 44.1 Å². The molecule has 3 heteroatoms. The first kappa shape index (κ1) is 21.1. The molecule has 0 radical (unpaired) electrons. The van der Waals surface area contributed by atoms with E-state index in [2.05, 4.69) is 55.4 Å². The fourth-order valence-electron chi connectivity index (χ4n) is 4.47. The molecule has 0 bridgehead atoms. The topological polar surface area (TPSA) is 23.5 Å². The summed E-state index contributed by atoms with van der Waals surface area (Å²) in [6, 6.07) is 18.5. The summed E-state index contributed by atoms with van der Waals surface area (Å²) < 4.78 is 0. The van der Waals surface area contributed by atoms with Crippen LogP contribution in [0.1, 0.15) is 43.2 Å². The lowest BCUT2D eigenvalue weighted by atomic mass is 9.68. The van der Waals surface area contributed by atoms with Gasteiger partial charge in [0.05, 0.1) is 5.60 Å². The van der Waals surface area contributed by atoms with Crippen LogP contribution in [0.2, 0.25) is 5.02 Å². The Labute approximate surface area is 174 Å². The summed E-state index contributed by atoms with van der Waals surface area (Å²) in [5, 5.41) is 12.7. The van der Waals surface area contributed by atoms with E-state index in [9.17, 15) is 5.11 Å². The van der Waals surface area contributed by atoms with Gasteiger partial charge < -0.3 is 10.0 Å². The van der Waals surface area contributed by atoms with Gasteiger partial charge in [0, 0.05) is 17.5 Å². The van der Waals surface area contributed by atoms with Gasteiger partial charge in [0.15, 0.2) is 0 Å². The van der Waals surface area contributed by atoms with Crippen molar-refractivity contribution in [3.05, 3.63) is 76.3 Å². The van der Waals surface area contributed by atoms with Crippen molar-refractivity contribution in [3.8, 4) is 0 Å². The van der Waals surface area contributed by atoms with E-state index in [1.807, 2.05) is 24.3 Å². The minimum atomic E-state index is -0.739. The van der Waals surface area contributed by atoms with E-state index < -0.39 is 5.60 Å². The van der Waals surface area contributed by atoms with Crippen molar-refractivity contribution in [2.24, 2.45) is 5.92 Å². The molecule has 28 heavy (non-hydrogen) atoms. The van der Waals surface area contributed by atoms with Gasteiger partial charge in [-0.2, -0.15) is 0 Å². The van der Waals surface area contributed by atoms with Crippen molar-refractivity contribution in [2.75, 3.05) is 20.6 Å². The molecule has 0 spiro atoms. The van der Waals surface area contributed by atoms with Crippen LogP contribution in [-0.2, 0) is 6.42 Å². The highest BCUT2D eigenvalue weighted by molar-refractivity contribution is 6.30. The third-order valence-electron chi connectivity index (χ3n) is 5.89. The van der Waals surface area contributed by atoms with Gasteiger partial charge in [0.1, 0.15) is 0 Å². The van der Waals surface area contributed by atoms with Crippen molar-refractivity contribution in [3.63, 3.8) is 0 Å². The first-order valence-electron chi connectivity index (χ1n) is 10.3. The van der Waals surface area contributed by atoms with Gasteiger partial charge in [-0.1, -0.05) is 60.1 Å². The second-order valence-corrected chi connectivity index (χ2v) is 8.77. The Kier molecular flexibility index (Phi) is 7.34. The number of aliphatic hydroxyl groups is 1. The lowest BCUT2D eigenvalue weighted by molar-refractivity contribution is -0.0208. The zero-order valence-electron chi connectivity index (χ0n) is 17.1. The monoisotopic (exact) mass is 397 g/mol. The number of hydrogen-bond donors (Lipinski definition) is 1. The minimum Gasteiger partial charge on any atom is -0.385 e. The van der Waals surface area contributed by atoms with Gasteiger partial charge in [-0.15, -0.1) is 0 Å². The standard InChI is InChI=1S/C25H32ClNO/c1-27(2)19-23-12-6-11-22(18-21-13-15-24(26)16-14-21)25(23,28)17-7-10-20-8-4-3-5-9-20/h3-5,8-9,13-16,18,23,28H,6-7,10-12,17,19H2,1-2H3/b22-18-. The predicted molar refractivity (Wildman–Crippen MR) is 120 cm³/mol. The molecule has 1 N–H and O–H groups in total. The molecule has 0 amide bonds. The highest BCUT2D eigenvalue weighted by atomic mass is 35.5. The quantitative estimate of drug-likeness (QED) is 0.634. The third-order valence-corrected chi connectivity index (χ3v) is 6.14. The van der Waals surface area contributed by atoms with Gasteiger partial charge in [-0.05, 0) is 81.5 Å². The van der Waals surface area contributed by atoms with Crippen LogP contribution in [0.15, 0.2) is 60.2 Å².